The second kappa shape index (κ2) is 8.24. The number of carbonyl (C=O) groups is 1. The number of ether oxygens (including phenoxy) is 2. The van der Waals surface area contributed by atoms with Crippen molar-refractivity contribution in [2.45, 2.75) is 38.5 Å². The Morgan fingerprint density at radius 3 is 2.35 bits per heavy atom. The highest BCUT2D eigenvalue weighted by molar-refractivity contribution is 7.16. The van der Waals surface area contributed by atoms with E-state index in [1.807, 2.05) is 0 Å². The zero-order chi connectivity index (χ0) is 18.5. The zero-order valence-corrected chi connectivity index (χ0v) is 15.9. The minimum atomic E-state index is -0.270. The Morgan fingerprint density at radius 2 is 1.73 bits per heavy atom. The van der Waals surface area contributed by atoms with Gasteiger partial charge in [-0.15, -0.1) is 11.3 Å². The molecule has 0 atom stereocenters. The molecule has 26 heavy (non-hydrogen) atoms. The predicted octanol–water partition coefficient (Wildman–Crippen LogP) is 4.55. The number of fused-ring (bicyclic) bond motifs is 1. The molecule has 6 heteroatoms. The van der Waals surface area contributed by atoms with E-state index < -0.39 is 0 Å². The molecule has 0 radical (unpaired) electrons. The van der Waals surface area contributed by atoms with E-state index in [1.165, 1.54) is 29.1 Å². The third-order valence-corrected chi connectivity index (χ3v) is 5.83. The number of carbonyl (C=O) groups excluding carboxylic acids is 1. The predicted molar refractivity (Wildman–Crippen MR) is 102 cm³/mol. The Bertz CT molecular complexity index is 829. The smallest absolute Gasteiger partial charge is 0.256 e. The molecule has 0 unspecified atom stereocenters. The van der Waals surface area contributed by atoms with Gasteiger partial charge in [-0.3, -0.25) is 4.79 Å². The lowest BCUT2D eigenvalue weighted by Gasteiger charge is -2.09. The van der Waals surface area contributed by atoms with Gasteiger partial charge in [-0.2, -0.15) is 5.26 Å². The van der Waals surface area contributed by atoms with Crippen LogP contribution in [0.25, 0.3) is 0 Å². The molecule has 1 aliphatic carbocycles. The Kier molecular flexibility index (Phi) is 5.79. The number of hydrogen-bond donors (Lipinski definition) is 1. The SMILES string of the molecule is COc1cc(OC)cc(C(=O)Nc2sc3c(c2C#N)CCCCCC3)c1. The summed E-state index contributed by atoms with van der Waals surface area (Å²) in [6.07, 6.45) is 6.56. The van der Waals surface area contributed by atoms with Gasteiger partial charge in [0.1, 0.15) is 22.6 Å². The molecule has 0 saturated heterocycles. The van der Waals surface area contributed by atoms with E-state index in [9.17, 15) is 10.1 Å². The molecule has 0 fully saturated rings. The van der Waals surface area contributed by atoms with Crippen LogP contribution in [0.1, 0.15) is 52.0 Å². The van der Waals surface area contributed by atoms with Crippen molar-refractivity contribution >= 4 is 22.2 Å². The first-order chi connectivity index (χ1) is 12.7. The summed E-state index contributed by atoms with van der Waals surface area (Å²) in [4.78, 5) is 14.0. The molecule has 1 amide bonds. The second-order valence-electron chi connectivity index (χ2n) is 6.29. The van der Waals surface area contributed by atoms with Crippen LogP contribution in [0, 0.1) is 11.3 Å². The highest BCUT2D eigenvalue weighted by atomic mass is 32.1. The zero-order valence-electron chi connectivity index (χ0n) is 15.1. The van der Waals surface area contributed by atoms with Crippen LogP contribution in [-0.2, 0) is 12.8 Å². The number of thiophene rings is 1. The molecule has 0 aliphatic heterocycles. The molecule has 1 heterocycles. The van der Waals surface area contributed by atoms with Crippen LogP contribution in [0.5, 0.6) is 11.5 Å². The molecule has 136 valence electrons. The van der Waals surface area contributed by atoms with Gasteiger partial charge in [0.15, 0.2) is 0 Å². The summed E-state index contributed by atoms with van der Waals surface area (Å²) in [5.41, 5.74) is 2.18. The van der Waals surface area contributed by atoms with E-state index in [0.29, 0.717) is 27.6 Å². The molecule has 0 saturated carbocycles. The van der Waals surface area contributed by atoms with Crippen molar-refractivity contribution < 1.29 is 14.3 Å². The first-order valence-electron chi connectivity index (χ1n) is 8.75. The van der Waals surface area contributed by atoms with Crippen molar-refractivity contribution in [3.05, 3.63) is 39.8 Å². The Balaban J connectivity index is 1.90. The van der Waals surface area contributed by atoms with Crippen LogP contribution in [0.4, 0.5) is 5.00 Å². The van der Waals surface area contributed by atoms with E-state index in [4.69, 9.17) is 9.47 Å². The van der Waals surface area contributed by atoms with Gasteiger partial charge in [-0.05, 0) is 43.4 Å². The topological polar surface area (TPSA) is 71.3 Å². The van der Waals surface area contributed by atoms with Crippen LogP contribution < -0.4 is 14.8 Å². The van der Waals surface area contributed by atoms with Crippen molar-refractivity contribution in [3.8, 4) is 17.6 Å². The van der Waals surface area contributed by atoms with Crippen molar-refractivity contribution in [2.75, 3.05) is 19.5 Å². The number of methoxy groups -OCH3 is 2. The van der Waals surface area contributed by atoms with Crippen molar-refractivity contribution in [1.82, 2.24) is 0 Å². The number of anilines is 1. The van der Waals surface area contributed by atoms with E-state index >= 15 is 0 Å². The van der Waals surface area contributed by atoms with Crippen LogP contribution in [-0.4, -0.2) is 20.1 Å². The first-order valence-corrected chi connectivity index (χ1v) is 9.57. The Hall–Kier alpha value is -2.52. The molecule has 1 aromatic carbocycles. The van der Waals surface area contributed by atoms with Crippen LogP contribution >= 0.6 is 11.3 Å². The molecular formula is C20H22N2O3S. The van der Waals surface area contributed by atoms with Gasteiger partial charge < -0.3 is 14.8 Å². The van der Waals surface area contributed by atoms with Crippen molar-refractivity contribution in [2.24, 2.45) is 0 Å². The fraction of sp³-hybridized carbons (Fsp3) is 0.400. The lowest BCUT2D eigenvalue weighted by Crippen LogP contribution is -2.12. The maximum Gasteiger partial charge on any atom is 0.256 e. The molecule has 3 rings (SSSR count). The van der Waals surface area contributed by atoms with Crippen molar-refractivity contribution in [3.63, 3.8) is 0 Å². The quantitative estimate of drug-likeness (QED) is 0.857. The maximum atomic E-state index is 12.7. The number of aryl methyl sites for hydroxylation is 1. The van der Waals surface area contributed by atoms with Crippen LogP contribution in [0.2, 0.25) is 0 Å². The summed E-state index contributed by atoms with van der Waals surface area (Å²) in [6.45, 7) is 0. The number of nitrogens with zero attached hydrogens (tertiary/aromatic N) is 1. The fourth-order valence-corrected chi connectivity index (χ4v) is 4.47. The number of nitriles is 1. The maximum absolute atomic E-state index is 12.7. The molecule has 1 aromatic heterocycles. The van der Waals surface area contributed by atoms with E-state index in [2.05, 4.69) is 11.4 Å². The third kappa shape index (κ3) is 3.83. The average Bonchev–Trinajstić information content (AvgIpc) is 2.96. The monoisotopic (exact) mass is 370 g/mol. The highest BCUT2D eigenvalue weighted by Crippen LogP contribution is 2.37. The third-order valence-electron chi connectivity index (χ3n) is 4.62. The van der Waals surface area contributed by atoms with Crippen LogP contribution in [0.3, 0.4) is 0 Å². The fourth-order valence-electron chi connectivity index (χ4n) is 3.24. The van der Waals surface area contributed by atoms with Gasteiger partial charge in [0.05, 0.1) is 19.8 Å². The molecule has 2 aromatic rings. The van der Waals surface area contributed by atoms with Crippen LogP contribution in [0.15, 0.2) is 18.2 Å². The normalized spacial score (nSPS) is 13.7. The Morgan fingerprint density at radius 1 is 1.08 bits per heavy atom. The molecule has 0 bridgehead atoms. The lowest BCUT2D eigenvalue weighted by molar-refractivity contribution is 0.102. The van der Waals surface area contributed by atoms with Crippen molar-refractivity contribution in [1.29, 1.82) is 5.26 Å². The summed E-state index contributed by atoms with van der Waals surface area (Å²) < 4.78 is 10.5. The average molecular weight is 370 g/mol. The number of hydrogen-bond acceptors (Lipinski definition) is 5. The van der Waals surface area contributed by atoms with E-state index in [0.717, 1.165) is 31.2 Å². The largest absolute Gasteiger partial charge is 0.497 e. The summed E-state index contributed by atoms with van der Waals surface area (Å²) in [6, 6.07) is 7.34. The number of rotatable bonds is 4. The standard InChI is InChI=1S/C20H22N2O3S/c1-24-14-9-13(10-15(11-14)25-2)19(23)22-20-17(12-21)16-7-5-3-4-6-8-18(16)26-20/h9-11H,3-8H2,1-2H3,(H,22,23). The minimum Gasteiger partial charge on any atom is -0.497 e. The number of benzene rings is 1. The second-order valence-corrected chi connectivity index (χ2v) is 7.39. The number of nitrogens with one attached hydrogen (secondary N) is 1. The van der Waals surface area contributed by atoms with Gasteiger partial charge >= 0.3 is 0 Å². The van der Waals surface area contributed by atoms with Gasteiger partial charge in [-0.1, -0.05) is 12.8 Å². The molecule has 1 aliphatic rings. The van der Waals surface area contributed by atoms with Gasteiger partial charge in [0.25, 0.3) is 5.91 Å². The summed E-state index contributed by atoms with van der Waals surface area (Å²) in [5, 5.41) is 13.2. The first kappa shape index (κ1) is 18.3. The Labute approximate surface area is 157 Å². The van der Waals surface area contributed by atoms with E-state index in [1.54, 1.807) is 32.4 Å². The highest BCUT2D eigenvalue weighted by Gasteiger charge is 2.21. The van der Waals surface area contributed by atoms with E-state index in [-0.39, 0.29) is 5.91 Å². The summed E-state index contributed by atoms with van der Waals surface area (Å²) >= 11 is 1.54. The summed E-state index contributed by atoms with van der Waals surface area (Å²) in [7, 11) is 3.09. The molecular weight excluding hydrogens is 348 g/mol. The summed E-state index contributed by atoms with van der Waals surface area (Å²) in [5.74, 6) is 0.829. The van der Waals surface area contributed by atoms with Gasteiger partial charge in [0.2, 0.25) is 0 Å². The van der Waals surface area contributed by atoms with Gasteiger partial charge in [-0.25, -0.2) is 0 Å². The number of amides is 1. The molecule has 1 N–H and O–H groups in total. The minimum absolute atomic E-state index is 0.270. The van der Waals surface area contributed by atoms with Gasteiger partial charge in [0, 0.05) is 16.5 Å². The lowest BCUT2D eigenvalue weighted by atomic mass is 9.97. The molecule has 0 spiro atoms. The molecule has 5 nitrogen and oxygen atoms in total.